The number of halogens is 2. The van der Waals surface area contributed by atoms with Crippen LogP contribution in [0.2, 0.25) is 5.02 Å². The van der Waals surface area contributed by atoms with Crippen LogP contribution in [0.3, 0.4) is 0 Å². The van der Waals surface area contributed by atoms with Crippen LogP contribution in [0.1, 0.15) is 12.5 Å². The van der Waals surface area contributed by atoms with Gasteiger partial charge in [-0.2, -0.15) is 5.26 Å². The normalized spacial score (nSPS) is 10.8. The minimum absolute atomic E-state index is 0.0489. The van der Waals surface area contributed by atoms with Gasteiger partial charge in [-0.05, 0) is 77.6 Å². The lowest BCUT2D eigenvalue weighted by Crippen LogP contribution is -2.13. The Balaban J connectivity index is 2.31. The van der Waals surface area contributed by atoms with Gasteiger partial charge in [0.1, 0.15) is 11.6 Å². The first-order valence-corrected chi connectivity index (χ1v) is 9.13. The molecular weight excluding hydrogens is 467 g/mol. The molecule has 2 aromatic carbocycles. The third-order valence-corrected chi connectivity index (χ3v) is 4.31. The van der Waals surface area contributed by atoms with E-state index >= 15 is 0 Å². The second-order valence-electron chi connectivity index (χ2n) is 5.10. The molecule has 1 N–H and O–H groups in total. The molecule has 7 heteroatoms. The number of nitrogens with zero attached hydrogens (tertiary/aromatic N) is 1. The first-order valence-electron chi connectivity index (χ1n) is 7.67. The molecule has 134 valence electrons. The molecule has 0 unspecified atom stereocenters. The molecule has 0 aromatic heterocycles. The average molecular weight is 483 g/mol. The van der Waals surface area contributed by atoms with Gasteiger partial charge in [0.05, 0.1) is 18.7 Å². The maximum Gasteiger partial charge on any atom is 0.266 e. The molecule has 2 rings (SSSR count). The zero-order valence-corrected chi connectivity index (χ0v) is 17.1. The highest BCUT2D eigenvalue weighted by Gasteiger charge is 2.14. The van der Waals surface area contributed by atoms with Gasteiger partial charge in [0.25, 0.3) is 5.91 Å². The SMILES string of the molecule is CCOc1cc(/C=C(\C#N)C(=O)Nc2ccc(I)cc2)cc(Cl)c1OC. The number of amides is 1. The topological polar surface area (TPSA) is 71.3 Å². The molecule has 0 atom stereocenters. The fourth-order valence-corrected chi connectivity index (χ4v) is 2.84. The van der Waals surface area contributed by atoms with E-state index in [1.807, 2.05) is 25.1 Å². The molecule has 0 spiro atoms. The number of carbonyl (C=O) groups excluding carboxylic acids is 1. The summed E-state index contributed by atoms with van der Waals surface area (Å²) in [5.74, 6) is 0.357. The Morgan fingerprint density at radius 3 is 2.62 bits per heavy atom. The summed E-state index contributed by atoms with van der Waals surface area (Å²) in [7, 11) is 1.49. The largest absolute Gasteiger partial charge is 0.491 e. The van der Waals surface area contributed by atoms with Crippen LogP contribution in [0.25, 0.3) is 6.08 Å². The van der Waals surface area contributed by atoms with Crippen LogP contribution < -0.4 is 14.8 Å². The van der Waals surface area contributed by atoms with Crippen LogP contribution in [0.15, 0.2) is 42.0 Å². The quantitative estimate of drug-likeness (QED) is 0.361. The van der Waals surface area contributed by atoms with E-state index in [1.165, 1.54) is 13.2 Å². The monoisotopic (exact) mass is 482 g/mol. The summed E-state index contributed by atoms with van der Waals surface area (Å²) in [5, 5.41) is 12.4. The first-order chi connectivity index (χ1) is 12.5. The molecule has 0 heterocycles. The van der Waals surface area contributed by atoms with Crippen LogP contribution in [0.4, 0.5) is 5.69 Å². The molecule has 0 aliphatic carbocycles. The van der Waals surface area contributed by atoms with Crippen molar-refractivity contribution in [2.24, 2.45) is 0 Å². The van der Waals surface area contributed by atoms with E-state index in [1.54, 1.807) is 24.3 Å². The lowest BCUT2D eigenvalue weighted by Gasteiger charge is -2.12. The number of carbonyl (C=O) groups is 1. The van der Waals surface area contributed by atoms with E-state index in [0.29, 0.717) is 34.4 Å². The van der Waals surface area contributed by atoms with E-state index in [-0.39, 0.29) is 5.57 Å². The predicted octanol–water partition coefficient (Wildman–Crippen LogP) is 4.90. The fourth-order valence-electron chi connectivity index (χ4n) is 2.18. The molecule has 5 nitrogen and oxygen atoms in total. The fraction of sp³-hybridized carbons (Fsp3) is 0.158. The summed E-state index contributed by atoms with van der Waals surface area (Å²) in [5.41, 5.74) is 1.13. The molecule has 0 saturated heterocycles. The molecule has 0 radical (unpaired) electrons. The van der Waals surface area contributed by atoms with Crippen molar-refractivity contribution in [3.63, 3.8) is 0 Å². The van der Waals surface area contributed by atoms with Crippen molar-refractivity contribution < 1.29 is 14.3 Å². The minimum Gasteiger partial charge on any atom is -0.491 e. The van der Waals surface area contributed by atoms with Gasteiger partial charge < -0.3 is 14.8 Å². The second-order valence-corrected chi connectivity index (χ2v) is 6.75. The van der Waals surface area contributed by atoms with Crippen LogP contribution in [0, 0.1) is 14.9 Å². The predicted molar refractivity (Wildman–Crippen MR) is 111 cm³/mol. The zero-order chi connectivity index (χ0) is 19.1. The van der Waals surface area contributed by atoms with E-state index in [4.69, 9.17) is 21.1 Å². The number of ether oxygens (including phenoxy) is 2. The van der Waals surface area contributed by atoms with Gasteiger partial charge in [-0.1, -0.05) is 11.6 Å². The third kappa shape index (κ3) is 5.13. The van der Waals surface area contributed by atoms with Gasteiger partial charge in [0.2, 0.25) is 0 Å². The van der Waals surface area contributed by atoms with E-state index < -0.39 is 5.91 Å². The number of rotatable bonds is 6. The molecule has 0 aliphatic heterocycles. The summed E-state index contributed by atoms with van der Waals surface area (Å²) in [6, 6.07) is 12.5. The Hall–Kier alpha value is -2.24. The smallest absolute Gasteiger partial charge is 0.266 e. The molecule has 0 fully saturated rings. The lowest BCUT2D eigenvalue weighted by atomic mass is 10.1. The molecule has 26 heavy (non-hydrogen) atoms. The van der Waals surface area contributed by atoms with Crippen molar-refractivity contribution in [1.82, 2.24) is 0 Å². The van der Waals surface area contributed by atoms with Gasteiger partial charge in [0, 0.05) is 9.26 Å². The lowest BCUT2D eigenvalue weighted by molar-refractivity contribution is -0.112. The van der Waals surface area contributed by atoms with Crippen molar-refractivity contribution in [3.05, 3.63) is 56.1 Å². The molecular formula is C19H16ClIN2O3. The maximum atomic E-state index is 12.4. The first kappa shape index (κ1) is 20.1. The van der Waals surface area contributed by atoms with E-state index in [9.17, 15) is 10.1 Å². The average Bonchev–Trinajstić information content (AvgIpc) is 2.61. The van der Waals surface area contributed by atoms with Gasteiger partial charge >= 0.3 is 0 Å². The standard InChI is InChI=1S/C19H16ClIN2O3/c1-3-26-17-10-12(9-16(20)18(17)25-2)8-13(11-22)19(24)23-15-6-4-14(21)5-7-15/h4-10H,3H2,1-2H3,(H,23,24)/b13-8+. The number of methoxy groups -OCH3 is 1. The van der Waals surface area contributed by atoms with Crippen molar-refractivity contribution >= 4 is 51.9 Å². The Bertz CT molecular complexity index is 874. The molecule has 1 amide bonds. The molecule has 0 saturated carbocycles. The summed E-state index contributed by atoms with van der Waals surface area (Å²) in [4.78, 5) is 12.4. The second kappa shape index (κ2) is 9.46. The van der Waals surface area contributed by atoms with Crippen molar-refractivity contribution in [1.29, 1.82) is 5.26 Å². The van der Waals surface area contributed by atoms with E-state index in [2.05, 4.69) is 27.9 Å². The summed E-state index contributed by atoms with van der Waals surface area (Å²) < 4.78 is 11.8. The summed E-state index contributed by atoms with van der Waals surface area (Å²) in [6.45, 7) is 2.27. The van der Waals surface area contributed by atoms with Gasteiger partial charge in [0.15, 0.2) is 11.5 Å². The molecule has 0 aliphatic rings. The van der Waals surface area contributed by atoms with Gasteiger partial charge in [-0.3, -0.25) is 4.79 Å². The number of nitrogens with one attached hydrogen (secondary N) is 1. The minimum atomic E-state index is -0.501. The van der Waals surface area contributed by atoms with Crippen molar-refractivity contribution in [2.45, 2.75) is 6.92 Å². The van der Waals surface area contributed by atoms with Crippen LogP contribution in [0.5, 0.6) is 11.5 Å². The zero-order valence-electron chi connectivity index (χ0n) is 14.2. The van der Waals surface area contributed by atoms with Crippen LogP contribution >= 0.6 is 34.2 Å². The number of hydrogen-bond acceptors (Lipinski definition) is 4. The van der Waals surface area contributed by atoms with E-state index in [0.717, 1.165) is 3.57 Å². The van der Waals surface area contributed by atoms with Gasteiger partial charge in [-0.15, -0.1) is 0 Å². The van der Waals surface area contributed by atoms with Crippen molar-refractivity contribution in [2.75, 3.05) is 19.0 Å². The Labute approximate surface area is 170 Å². The Kier molecular flexibility index (Phi) is 7.30. The number of nitriles is 1. The highest BCUT2D eigenvalue weighted by Crippen LogP contribution is 2.36. The highest BCUT2D eigenvalue weighted by atomic mass is 127. The Morgan fingerprint density at radius 1 is 1.35 bits per heavy atom. The molecule has 2 aromatic rings. The number of hydrogen-bond donors (Lipinski definition) is 1. The third-order valence-electron chi connectivity index (χ3n) is 3.31. The van der Waals surface area contributed by atoms with Crippen LogP contribution in [-0.4, -0.2) is 19.6 Å². The summed E-state index contributed by atoms with van der Waals surface area (Å²) in [6.07, 6.45) is 1.45. The number of anilines is 1. The molecule has 0 bridgehead atoms. The van der Waals surface area contributed by atoms with Gasteiger partial charge in [-0.25, -0.2) is 0 Å². The highest BCUT2D eigenvalue weighted by molar-refractivity contribution is 14.1. The maximum absolute atomic E-state index is 12.4. The van der Waals surface area contributed by atoms with Crippen LogP contribution in [-0.2, 0) is 4.79 Å². The summed E-state index contributed by atoms with van der Waals surface area (Å²) >= 11 is 8.38. The Morgan fingerprint density at radius 2 is 2.04 bits per heavy atom. The van der Waals surface area contributed by atoms with Crippen molar-refractivity contribution in [3.8, 4) is 17.6 Å². The number of benzene rings is 2.